The number of allylic oxidation sites excluding steroid dienone is 5. The van der Waals surface area contributed by atoms with Crippen LogP contribution in [0.3, 0.4) is 0 Å². The Labute approximate surface area is 179 Å². The van der Waals surface area contributed by atoms with E-state index in [2.05, 4.69) is 37.6 Å². The quantitative estimate of drug-likeness (QED) is 0.504. The molecule has 1 aromatic heterocycles. The van der Waals surface area contributed by atoms with Crippen molar-refractivity contribution in [1.29, 1.82) is 0 Å². The number of rotatable bonds is 10. The van der Waals surface area contributed by atoms with Crippen LogP contribution in [0, 0.1) is 6.92 Å². The number of hydrogen-bond acceptors (Lipinski definition) is 4. The van der Waals surface area contributed by atoms with Crippen LogP contribution >= 0.6 is 0 Å². The van der Waals surface area contributed by atoms with Gasteiger partial charge in [0.05, 0.1) is 19.5 Å². The second-order valence-electron chi connectivity index (χ2n) is 7.95. The maximum Gasteiger partial charge on any atom is 0.187 e. The molecule has 0 N–H and O–H groups in total. The van der Waals surface area contributed by atoms with Gasteiger partial charge in [0.25, 0.3) is 0 Å². The third-order valence-electron chi connectivity index (χ3n) is 5.21. The van der Waals surface area contributed by atoms with E-state index >= 15 is 0 Å². The molecule has 5 nitrogen and oxygen atoms in total. The molecule has 1 aliphatic rings. The first-order valence-corrected chi connectivity index (χ1v) is 10.4. The highest BCUT2D eigenvalue weighted by molar-refractivity contribution is 5.26. The summed E-state index contributed by atoms with van der Waals surface area (Å²) in [6.07, 6.45) is 13.1. The van der Waals surface area contributed by atoms with Crippen LogP contribution in [0.25, 0.3) is 0 Å². The summed E-state index contributed by atoms with van der Waals surface area (Å²) < 4.78 is 20.6. The molecule has 0 spiro atoms. The fourth-order valence-corrected chi connectivity index (χ4v) is 3.29. The molecular formula is C25H32N2O3. The number of nitrogens with zero attached hydrogens (tertiary/aromatic N) is 2. The van der Waals surface area contributed by atoms with Crippen LogP contribution in [0.2, 0.25) is 0 Å². The topological polar surface area (TPSA) is 45.5 Å². The number of aromatic nitrogens is 2. The van der Waals surface area contributed by atoms with E-state index in [4.69, 9.17) is 14.2 Å². The van der Waals surface area contributed by atoms with Crippen molar-refractivity contribution in [3.63, 3.8) is 0 Å². The van der Waals surface area contributed by atoms with Crippen LogP contribution in [0.15, 0.2) is 78.9 Å². The van der Waals surface area contributed by atoms with Crippen molar-refractivity contribution in [1.82, 2.24) is 9.55 Å². The molecule has 0 saturated carbocycles. The van der Waals surface area contributed by atoms with Crippen molar-refractivity contribution in [3.05, 3.63) is 84.5 Å². The molecule has 2 heterocycles. The summed E-state index contributed by atoms with van der Waals surface area (Å²) in [5.74, 6) is 0.161. The summed E-state index contributed by atoms with van der Waals surface area (Å²) >= 11 is 0. The van der Waals surface area contributed by atoms with Gasteiger partial charge in [-0.3, -0.25) is 0 Å². The summed E-state index contributed by atoms with van der Waals surface area (Å²) in [6.45, 7) is 11.6. The first kappa shape index (κ1) is 22.1. The highest BCUT2D eigenvalue weighted by Crippen LogP contribution is 2.32. The lowest BCUT2D eigenvalue weighted by molar-refractivity contribution is -0.184. The molecule has 1 aliphatic heterocycles. The lowest BCUT2D eigenvalue weighted by Gasteiger charge is -2.28. The van der Waals surface area contributed by atoms with Gasteiger partial charge in [-0.1, -0.05) is 53.6 Å². The minimum absolute atomic E-state index is 0.109. The molecule has 2 aromatic rings. The Morgan fingerprint density at radius 2 is 2.10 bits per heavy atom. The van der Waals surface area contributed by atoms with Gasteiger partial charge in [0.1, 0.15) is 18.5 Å². The summed E-state index contributed by atoms with van der Waals surface area (Å²) in [5.41, 5.74) is 3.63. The maximum atomic E-state index is 6.41. The molecule has 0 aliphatic carbocycles. The van der Waals surface area contributed by atoms with E-state index in [9.17, 15) is 0 Å². The molecule has 5 heteroatoms. The van der Waals surface area contributed by atoms with E-state index in [1.165, 1.54) is 11.1 Å². The maximum absolute atomic E-state index is 6.41. The zero-order valence-corrected chi connectivity index (χ0v) is 18.2. The number of imidazole rings is 1. The SMILES string of the molecule is C=C/C(C)=C\C=C(/C)CC[C@@]1(Cn2ccnc2)OCC(COc2ccc(C)cc2)O1. The third-order valence-corrected chi connectivity index (χ3v) is 5.21. The molecule has 1 unspecified atom stereocenters. The van der Waals surface area contributed by atoms with Gasteiger partial charge in [-0.05, 0) is 39.3 Å². The summed E-state index contributed by atoms with van der Waals surface area (Å²) in [5, 5.41) is 0. The first-order valence-electron chi connectivity index (χ1n) is 10.4. The standard InChI is InChI=1S/C25H32N2O3/c1-5-20(2)6-7-22(4)12-13-25(18-27-15-14-26-19-27)29-17-24(30-25)16-28-23-10-8-21(3)9-11-23/h5-11,14-15,19,24H,1,12-13,16-18H2,2-4H3/b20-6-,22-7+/t24?,25-/m1/s1. The lowest BCUT2D eigenvalue weighted by Crippen LogP contribution is -2.37. The van der Waals surface area contributed by atoms with Crippen molar-refractivity contribution in [3.8, 4) is 5.75 Å². The molecule has 3 rings (SSSR count). The predicted molar refractivity (Wildman–Crippen MR) is 119 cm³/mol. The van der Waals surface area contributed by atoms with Crippen molar-refractivity contribution in [2.75, 3.05) is 13.2 Å². The molecule has 2 atom stereocenters. The normalized spacial score (nSPS) is 22.3. The Kier molecular flexibility index (Phi) is 7.66. The Bertz CT molecular complexity index is 868. The molecule has 1 aromatic carbocycles. The van der Waals surface area contributed by atoms with Gasteiger partial charge in [0.2, 0.25) is 0 Å². The second-order valence-corrected chi connectivity index (χ2v) is 7.95. The molecular weight excluding hydrogens is 376 g/mol. The van der Waals surface area contributed by atoms with Gasteiger partial charge in [-0.25, -0.2) is 4.98 Å². The molecule has 1 saturated heterocycles. The predicted octanol–water partition coefficient (Wildman–Crippen LogP) is 5.24. The van der Waals surface area contributed by atoms with E-state index in [1.54, 1.807) is 12.5 Å². The third kappa shape index (κ3) is 6.44. The molecule has 0 radical (unpaired) electrons. The van der Waals surface area contributed by atoms with Gasteiger partial charge in [-0.2, -0.15) is 0 Å². The zero-order valence-electron chi connectivity index (χ0n) is 18.2. The van der Waals surface area contributed by atoms with Crippen LogP contribution in [0.1, 0.15) is 32.3 Å². The van der Waals surface area contributed by atoms with Gasteiger partial charge < -0.3 is 18.8 Å². The second kappa shape index (κ2) is 10.4. The minimum Gasteiger partial charge on any atom is -0.491 e. The smallest absolute Gasteiger partial charge is 0.187 e. The summed E-state index contributed by atoms with van der Waals surface area (Å²) in [4.78, 5) is 4.15. The van der Waals surface area contributed by atoms with E-state index in [0.29, 0.717) is 19.8 Å². The van der Waals surface area contributed by atoms with Crippen molar-refractivity contribution in [2.45, 2.75) is 52.0 Å². The van der Waals surface area contributed by atoms with Crippen LogP contribution in [0.4, 0.5) is 0 Å². The van der Waals surface area contributed by atoms with Crippen LogP contribution in [-0.2, 0) is 16.0 Å². The number of ether oxygens (including phenoxy) is 3. The zero-order chi connectivity index (χ0) is 21.4. The number of benzene rings is 1. The van der Waals surface area contributed by atoms with Gasteiger partial charge in [0.15, 0.2) is 5.79 Å². The molecule has 160 valence electrons. The van der Waals surface area contributed by atoms with Crippen molar-refractivity contribution < 1.29 is 14.2 Å². The van der Waals surface area contributed by atoms with Crippen LogP contribution in [-0.4, -0.2) is 34.7 Å². The van der Waals surface area contributed by atoms with Gasteiger partial charge >= 0.3 is 0 Å². The first-order chi connectivity index (χ1) is 14.5. The van der Waals surface area contributed by atoms with Gasteiger partial charge in [0, 0.05) is 18.8 Å². The minimum atomic E-state index is -0.686. The number of hydrogen-bond donors (Lipinski definition) is 0. The van der Waals surface area contributed by atoms with Crippen molar-refractivity contribution in [2.24, 2.45) is 0 Å². The molecule has 0 bridgehead atoms. The van der Waals surface area contributed by atoms with Gasteiger partial charge in [-0.15, -0.1) is 0 Å². The highest BCUT2D eigenvalue weighted by atomic mass is 16.8. The number of aryl methyl sites for hydroxylation is 1. The monoisotopic (exact) mass is 408 g/mol. The molecule has 0 amide bonds. The Hall–Kier alpha value is -2.63. The Balaban J connectivity index is 1.62. The van der Waals surface area contributed by atoms with Crippen molar-refractivity contribution >= 4 is 0 Å². The van der Waals surface area contributed by atoms with E-state index < -0.39 is 5.79 Å². The Morgan fingerprint density at radius 3 is 2.80 bits per heavy atom. The van der Waals surface area contributed by atoms with Crippen LogP contribution < -0.4 is 4.74 Å². The summed E-state index contributed by atoms with van der Waals surface area (Å²) in [6, 6.07) is 8.05. The Morgan fingerprint density at radius 1 is 1.30 bits per heavy atom. The van der Waals surface area contributed by atoms with E-state index in [1.807, 2.05) is 48.0 Å². The molecule has 1 fully saturated rings. The average Bonchev–Trinajstić information content (AvgIpc) is 3.40. The van der Waals surface area contributed by atoms with E-state index in [-0.39, 0.29) is 6.10 Å². The lowest BCUT2D eigenvalue weighted by atomic mass is 10.0. The fraction of sp³-hybridized carbons (Fsp3) is 0.400. The highest BCUT2D eigenvalue weighted by Gasteiger charge is 2.41. The average molecular weight is 409 g/mol. The molecule has 30 heavy (non-hydrogen) atoms. The largest absolute Gasteiger partial charge is 0.491 e. The fourth-order valence-electron chi connectivity index (χ4n) is 3.29. The van der Waals surface area contributed by atoms with Crippen LogP contribution in [0.5, 0.6) is 5.75 Å². The summed E-state index contributed by atoms with van der Waals surface area (Å²) in [7, 11) is 0. The van der Waals surface area contributed by atoms with E-state index in [0.717, 1.165) is 24.2 Å².